The molecule has 3 heteroatoms. The minimum Gasteiger partial charge on any atom is -0.297 e. The predicted molar refractivity (Wildman–Crippen MR) is 107 cm³/mol. The number of hydrazine groups is 1. The largest absolute Gasteiger partial charge is 0.297 e. The minimum atomic E-state index is 0.161. The van der Waals surface area contributed by atoms with E-state index in [0.29, 0.717) is 0 Å². The van der Waals surface area contributed by atoms with Crippen LogP contribution in [0.25, 0.3) is 5.70 Å². The van der Waals surface area contributed by atoms with E-state index in [4.69, 9.17) is 0 Å². The number of anilines is 1. The lowest BCUT2D eigenvalue weighted by Crippen LogP contribution is -2.33. The molecule has 0 saturated carbocycles. The van der Waals surface area contributed by atoms with Crippen molar-refractivity contribution in [3.63, 3.8) is 0 Å². The summed E-state index contributed by atoms with van der Waals surface area (Å²) in [5.74, 6) is 0. The maximum absolute atomic E-state index is 3.59. The monoisotopic (exact) mass is 344 g/mol. The summed E-state index contributed by atoms with van der Waals surface area (Å²) in [5, 5.41) is 2.23. The van der Waals surface area contributed by atoms with Crippen LogP contribution in [0.15, 0.2) is 95.9 Å². The fourth-order valence-corrected chi connectivity index (χ4v) is 3.52. The van der Waals surface area contributed by atoms with Gasteiger partial charge < -0.3 is 0 Å². The van der Waals surface area contributed by atoms with Gasteiger partial charge in [0.25, 0.3) is 0 Å². The lowest BCUT2D eigenvalue weighted by Gasteiger charge is -2.27. The van der Waals surface area contributed by atoms with E-state index in [1.165, 1.54) is 16.0 Å². The molecule has 0 aliphatic carbocycles. The van der Waals surface area contributed by atoms with Crippen molar-refractivity contribution in [1.82, 2.24) is 5.43 Å². The van der Waals surface area contributed by atoms with Gasteiger partial charge >= 0.3 is 0 Å². The van der Waals surface area contributed by atoms with Gasteiger partial charge in [-0.1, -0.05) is 60.7 Å². The van der Waals surface area contributed by atoms with Crippen LogP contribution in [-0.2, 0) is 0 Å². The van der Waals surface area contributed by atoms with E-state index in [9.17, 15) is 0 Å². The molecule has 0 bridgehead atoms. The van der Waals surface area contributed by atoms with E-state index in [2.05, 4.69) is 95.6 Å². The summed E-state index contributed by atoms with van der Waals surface area (Å²) < 4.78 is 0. The van der Waals surface area contributed by atoms with Crippen LogP contribution in [-0.4, -0.2) is 6.26 Å². The molecule has 3 aromatic carbocycles. The molecule has 1 unspecified atom stereocenters. The Bertz CT molecular complexity index is 858. The van der Waals surface area contributed by atoms with Crippen LogP contribution in [0, 0.1) is 0 Å². The highest BCUT2D eigenvalue weighted by Gasteiger charge is 2.26. The third kappa shape index (κ3) is 3.28. The number of para-hydroxylation sites is 1. The van der Waals surface area contributed by atoms with Crippen molar-refractivity contribution in [3.8, 4) is 0 Å². The van der Waals surface area contributed by atoms with Gasteiger partial charge in [-0.05, 0) is 47.7 Å². The normalized spacial score (nSPS) is 16.4. The summed E-state index contributed by atoms with van der Waals surface area (Å²) in [5.41, 5.74) is 8.37. The van der Waals surface area contributed by atoms with Crippen molar-refractivity contribution in [2.24, 2.45) is 0 Å². The zero-order valence-corrected chi connectivity index (χ0v) is 14.9. The zero-order valence-electron chi connectivity index (χ0n) is 14.1. The topological polar surface area (TPSA) is 15.3 Å². The Morgan fingerprint density at radius 1 is 0.800 bits per heavy atom. The standard InChI is InChI=1S/C22H20N2S/c1-25-20-14-12-18(13-15-20)22-16-21(17-8-4-2-5-9-17)23-24(22)19-10-6-3-7-11-19/h2-16,22-23H,1H3. The Balaban J connectivity index is 1.73. The van der Waals surface area contributed by atoms with Crippen LogP contribution in [0.5, 0.6) is 0 Å². The quantitative estimate of drug-likeness (QED) is 0.628. The Kier molecular flexibility index (Phi) is 4.49. The first kappa shape index (κ1) is 15.9. The van der Waals surface area contributed by atoms with Gasteiger partial charge in [0, 0.05) is 4.90 Å². The molecule has 0 aromatic heterocycles. The second-order valence-electron chi connectivity index (χ2n) is 5.98. The van der Waals surface area contributed by atoms with E-state index in [1.807, 2.05) is 12.1 Å². The second kappa shape index (κ2) is 7.08. The summed E-state index contributed by atoms with van der Waals surface area (Å²) >= 11 is 1.77. The molecular formula is C22H20N2S. The van der Waals surface area contributed by atoms with E-state index in [1.54, 1.807) is 11.8 Å². The highest BCUT2D eigenvalue weighted by atomic mass is 32.2. The summed E-state index contributed by atoms with van der Waals surface area (Å²) in [4.78, 5) is 1.29. The molecule has 0 fully saturated rings. The smallest absolute Gasteiger partial charge is 0.0958 e. The Hall–Kier alpha value is -2.65. The molecule has 1 atom stereocenters. The number of benzene rings is 3. The lowest BCUT2D eigenvalue weighted by molar-refractivity contribution is 0.723. The summed E-state index contributed by atoms with van der Waals surface area (Å²) in [6.45, 7) is 0. The first-order valence-electron chi connectivity index (χ1n) is 8.37. The summed E-state index contributed by atoms with van der Waals surface area (Å²) in [7, 11) is 0. The van der Waals surface area contributed by atoms with Crippen molar-refractivity contribution in [1.29, 1.82) is 0 Å². The molecule has 1 aliphatic heterocycles. The van der Waals surface area contributed by atoms with Crippen molar-refractivity contribution < 1.29 is 0 Å². The number of rotatable bonds is 4. The molecule has 0 saturated heterocycles. The Labute approximate surface area is 153 Å². The SMILES string of the molecule is CSc1ccc(C2C=C(c3ccccc3)NN2c2ccccc2)cc1. The zero-order chi connectivity index (χ0) is 17.1. The summed E-state index contributed by atoms with van der Waals surface area (Å²) in [6.07, 6.45) is 4.41. The fraction of sp³-hybridized carbons (Fsp3) is 0.0909. The molecule has 2 nitrogen and oxygen atoms in total. The number of nitrogens with zero attached hydrogens (tertiary/aromatic N) is 1. The fourth-order valence-electron chi connectivity index (χ4n) is 3.11. The minimum absolute atomic E-state index is 0.161. The van der Waals surface area contributed by atoms with Gasteiger partial charge in [-0.3, -0.25) is 10.4 Å². The van der Waals surface area contributed by atoms with Crippen molar-refractivity contribution in [3.05, 3.63) is 102 Å². The van der Waals surface area contributed by atoms with Gasteiger partial charge in [0.05, 0.1) is 17.4 Å². The third-order valence-corrected chi connectivity index (χ3v) is 5.16. The van der Waals surface area contributed by atoms with Crippen molar-refractivity contribution in [2.45, 2.75) is 10.9 Å². The molecule has 0 spiro atoms. The average molecular weight is 344 g/mol. The molecular weight excluding hydrogens is 324 g/mol. The summed E-state index contributed by atoms with van der Waals surface area (Å²) in [6, 6.07) is 29.9. The van der Waals surface area contributed by atoms with Crippen molar-refractivity contribution >= 4 is 23.1 Å². The maximum Gasteiger partial charge on any atom is 0.0958 e. The molecule has 0 radical (unpaired) electrons. The lowest BCUT2D eigenvalue weighted by atomic mass is 10.0. The van der Waals surface area contributed by atoms with Gasteiger partial charge in [0.2, 0.25) is 0 Å². The Morgan fingerprint density at radius 2 is 1.44 bits per heavy atom. The van der Waals surface area contributed by atoms with Crippen LogP contribution >= 0.6 is 11.8 Å². The van der Waals surface area contributed by atoms with Gasteiger partial charge in [0.1, 0.15) is 0 Å². The molecule has 4 rings (SSSR count). The van der Waals surface area contributed by atoms with E-state index in [-0.39, 0.29) is 6.04 Å². The van der Waals surface area contributed by atoms with Crippen molar-refractivity contribution in [2.75, 3.05) is 11.3 Å². The van der Waals surface area contributed by atoms with Gasteiger partial charge in [0.15, 0.2) is 0 Å². The molecule has 25 heavy (non-hydrogen) atoms. The number of nitrogens with one attached hydrogen (secondary N) is 1. The number of hydrogen-bond acceptors (Lipinski definition) is 3. The molecule has 1 aliphatic rings. The molecule has 1 N–H and O–H groups in total. The first-order chi connectivity index (χ1) is 12.3. The predicted octanol–water partition coefficient (Wildman–Crippen LogP) is 5.52. The van der Waals surface area contributed by atoms with Gasteiger partial charge in [-0.25, -0.2) is 0 Å². The van der Waals surface area contributed by atoms with Gasteiger partial charge in [-0.15, -0.1) is 11.8 Å². The Morgan fingerprint density at radius 3 is 2.08 bits per heavy atom. The highest BCUT2D eigenvalue weighted by molar-refractivity contribution is 7.98. The third-order valence-electron chi connectivity index (χ3n) is 4.42. The molecule has 1 heterocycles. The van der Waals surface area contributed by atoms with Crippen LogP contribution in [0.1, 0.15) is 17.2 Å². The van der Waals surface area contributed by atoms with E-state index < -0.39 is 0 Å². The highest BCUT2D eigenvalue weighted by Crippen LogP contribution is 2.35. The average Bonchev–Trinajstić information content (AvgIpc) is 3.15. The van der Waals surface area contributed by atoms with Crippen LogP contribution in [0.4, 0.5) is 5.69 Å². The first-order valence-corrected chi connectivity index (χ1v) is 9.60. The number of thioether (sulfide) groups is 1. The number of hydrogen-bond donors (Lipinski definition) is 1. The maximum atomic E-state index is 3.59. The molecule has 3 aromatic rings. The second-order valence-corrected chi connectivity index (χ2v) is 6.86. The van der Waals surface area contributed by atoms with Crippen LogP contribution in [0.2, 0.25) is 0 Å². The van der Waals surface area contributed by atoms with Crippen LogP contribution < -0.4 is 10.4 Å². The molecule has 124 valence electrons. The van der Waals surface area contributed by atoms with E-state index in [0.717, 1.165) is 11.4 Å². The van der Waals surface area contributed by atoms with Crippen LogP contribution in [0.3, 0.4) is 0 Å². The molecule has 0 amide bonds. The van der Waals surface area contributed by atoms with Gasteiger partial charge in [-0.2, -0.15) is 0 Å². The van der Waals surface area contributed by atoms with E-state index >= 15 is 0 Å².